The molecule has 3 heterocycles. The summed E-state index contributed by atoms with van der Waals surface area (Å²) in [4.78, 5) is 33.0. The number of hydrogen-bond donors (Lipinski definition) is 1. The van der Waals surface area contributed by atoms with Gasteiger partial charge in [0.25, 0.3) is 5.91 Å². The van der Waals surface area contributed by atoms with Crippen molar-refractivity contribution >= 4 is 57.0 Å². The first-order chi connectivity index (χ1) is 16.9. The molecule has 6 nitrogen and oxygen atoms in total. The molecule has 6 rings (SSSR count). The van der Waals surface area contributed by atoms with Crippen LogP contribution in [0.5, 0.6) is 0 Å². The lowest BCUT2D eigenvalue weighted by atomic mass is 10.0. The van der Waals surface area contributed by atoms with E-state index in [1.54, 1.807) is 23.1 Å². The Labute approximate surface area is 212 Å². The van der Waals surface area contributed by atoms with Crippen LogP contribution in [0.2, 0.25) is 10.0 Å². The van der Waals surface area contributed by atoms with E-state index in [0.717, 1.165) is 27.4 Å². The summed E-state index contributed by atoms with van der Waals surface area (Å²) in [6, 6.07) is 19.1. The monoisotopic (exact) mass is 507 g/mol. The van der Waals surface area contributed by atoms with Crippen LogP contribution < -0.4 is 0 Å². The molecule has 0 aliphatic carbocycles. The fraction of sp³-hybridized carbons (Fsp3) is 0.259. The Morgan fingerprint density at radius 1 is 0.829 bits per heavy atom. The van der Waals surface area contributed by atoms with Crippen molar-refractivity contribution in [1.29, 1.82) is 0 Å². The normalized spacial score (nSPS) is 19.5. The zero-order valence-electron chi connectivity index (χ0n) is 18.8. The van der Waals surface area contributed by atoms with Crippen molar-refractivity contribution in [3.8, 4) is 0 Å². The number of nitrogens with zero attached hydrogens (tertiary/aromatic N) is 2. The number of H-pyrrole nitrogens is 1. The first-order valence-electron chi connectivity index (χ1n) is 11.6. The van der Waals surface area contributed by atoms with Gasteiger partial charge in [0.15, 0.2) is 0 Å². The molecule has 8 heteroatoms. The number of para-hydroxylation sites is 1. The summed E-state index contributed by atoms with van der Waals surface area (Å²) in [5.41, 5.74) is 3.53. The number of benzene rings is 3. The van der Waals surface area contributed by atoms with Crippen molar-refractivity contribution in [3.05, 3.63) is 81.8 Å². The van der Waals surface area contributed by atoms with Gasteiger partial charge in [-0.15, -0.1) is 0 Å². The van der Waals surface area contributed by atoms with E-state index in [1.807, 2.05) is 41.3 Å². The van der Waals surface area contributed by atoms with Crippen LogP contribution in [-0.4, -0.2) is 53.0 Å². The molecule has 2 saturated heterocycles. The summed E-state index contributed by atoms with van der Waals surface area (Å²) < 4.78 is 5.49. The molecule has 0 spiro atoms. The fourth-order valence-electron chi connectivity index (χ4n) is 5.40. The molecule has 2 unspecified atom stereocenters. The highest BCUT2D eigenvalue weighted by atomic mass is 35.5. The third-order valence-electron chi connectivity index (χ3n) is 7.07. The van der Waals surface area contributed by atoms with E-state index in [-0.39, 0.29) is 30.4 Å². The highest BCUT2D eigenvalue weighted by Gasteiger charge is 2.43. The number of fused-ring (bicyclic) bond motifs is 4. The van der Waals surface area contributed by atoms with Crippen molar-refractivity contribution in [2.45, 2.75) is 6.61 Å². The van der Waals surface area contributed by atoms with Gasteiger partial charge in [-0.1, -0.05) is 41.4 Å². The standard InChI is InChI=1S/C27H23Cl2N3O3/c28-20-7-16(8-21(29)10-20)15-35-27(34)32-13-18-11-31(12-19(18)14-32)26(33)17-5-6-25-23(9-17)22-3-1-2-4-24(22)30-25/h1-10,18-19,30H,11-15H2. The van der Waals surface area contributed by atoms with E-state index in [4.69, 9.17) is 27.9 Å². The van der Waals surface area contributed by atoms with Crippen LogP contribution in [-0.2, 0) is 11.3 Å². The second kappa shape index (κ2) is 8.77. The SMILES string of the molecule is O=C(OCc1cc(Cl)cc(Cl)c1)N1CC2CN(C(=O)c3ccc4[nH]c5ccccc5c4c3)CC2C1. The Bertz CT molecular complexity index is 1430. The summed E-state index contributed by atoms with van der Waals surface area (Å²) >= 11 is 12.0. The average Bonchev–Trinajstić information content (AvgIpc) is 3.52. The van der Waals surface area contributed by atoms with Crippen LogP contribution in [0.15, 0.2) is 60.7 Å². The van der Waals surface area contributed by atoms with E-state index in [2.05, 4.69) is 11.1 Å². The molecule has 0 radical (unpaired) electrons. The zero-order chi connectivity index (χ0) is 24.1. The summed E-state index contributed by atoms with van der Waals surface area (Å²) in [7, 11) is 0. The number of ether oxygens (including phenoxy) is 1. The van der Waals surface area contributed by atoms with Crippen LogP contribution in [0.25, 0.3) is 21.8 Å². The summed E-state index contributed by atoms with van der Waals surface area (Å²) in [5, 5.41) is 3.19. The van der Waals surface area contributed by atoms with Crippen LogP contribution >= 0.6 is 23.2 Å². The van der Waals surface area contributed by atoms with E-state index in [9.17, 15) is 9.59 Å². The molecule has 1 aromatic heterocycles. The third kappa shape index (κ3) is 4.21. The Morgan fingerprint density at radius 3 is 2.23 bits per heavy atom. The molecule has 0 bridgehead atoms. The number of hydrogen-bond acceptors (Lipinski definition) is 3. The van der Waals surface area contributed by atoms with Gasteiger partial charge in [-0.25, -0.2) is 4.79 Å². The largest absolute Gasteiger partial charge is 0.445 e. The Hall–Kier alpha value is -3.22. The number of carbonyl (C=O) groups is 2. The van der Waals surface area contributed by atoms with E-state index >= 15 is 0 Å². The second-order valence-electron chi connectivity index (χ2n) is 9.40. The van der Waals surface area contributed by atoms with Gasteiger partial charge in [-0.3, -0.25) is 4.79 Å². The van der Waals surface area contributed by atoms with Crippen molar-refractivity contribution in [2.24, 2.45) is 11.8 Å². The number of rotatable bonds is 3. The quantitative estimate of drug-likeness (QED) is 0.371. The van der Waals surface area contributed by atoms with Crippen molar-refractivity contribution in [3.63, 3.8) is 0 Å². The number of carbonyl (C=O) groups excluding carboxylic acids is 2. The Kier molecular flexibility index (Phi) is 5.58. The highest BCUT2D eigenvalue weighted by Crippen LogP contribution is 2.33. The van der Waals surface area contributed by atoms with Crippen LogP contribution in [0.3, 0.4) is 0 Å². The van der Waals surface area contributed by atoms with Crippen molar-refractivity contribution in [2.75, 3.05) is 26.2 Å². The van der Waals surface area contributed by atoms with Gasteiger partial charge in [0, 0.05) is 75.4 Å². The Morgan fingerprint density at radius 2 is 1.49 bits per heavy atom. The minimum absolute atomic E-state index is 0.0403. The lowest BCUT2D eigenvalue weighted by molar-refractivity contribution is 0.0764. The average molecular weight is 508 g/mol. The van der Waals surface area contributed by atoms with Gasteiger partial charge in [0.05, 0.1) is 0 Å². The molecule has 2 aliphatic rings. The maximum Gasteiger partial charge on any atom is 0.410 e. The van der Waals surface area contributed by atoms with Gasteiger partial charge in [-0.2, -0.15) is 0 Å². The first-order valence-corrected chi connectivity index (χ1v) is 12.4. The van der Waals surface area contributed by atoms with E-state index in [0.29, 0.717) is 41.8 Å². The van der Waals surface area contributed by atoms with E-state index in [1.165, 1.54) is 0 Å². The van der Waals surface area contributed by atoms with Crippen molar-refractivity contribution < 1.29 is 14.3 Å². The second-order valence-corrected chi connectivity index (χ2v) is 10.3. The Balaban J connectivity index is 1.09. The number of amides is 2. The highest BCUT2D eigenvalue weighted by molar-refractivity contribution is 6.34. The summed E-state index contributed by atoms with van der Waals surface area (Å²) in [6.07, 6.45) is -0.349. The lowest BCUT2D eigenvalue weighted by Crippen LogP contribution is -2.35. The number of aromatic amines is 1. The predicted octanol–water partition coefficient (Wildman–Crippen LogP) is 5.97. The summed E-state index contributed by atoms with van der Waals surface area (Å²) in [5.74, 6) is 0.548. The molecule has 2 atom stereocenters. The molecule has 4 aromatic rings. The molecule has 2 amide bonds. The molecule has 0 saturated carbocycles. The lowest BCUT2D eigenvalue weighted by Gasteiger charge is -2.22. The third-order valence-corrected chi connectivity index (χ3v) is 7.51. The fourth-order valence-corrected chi connectivity index (χ4v) is 5.97. The van der Waals surface area contributed by atoms with Crippen LogP contribution in [0.1, 0.15) is 15.9 Å². The molecule has 1 N–H and O–H groups in total. The van der Waals surface area contributed by atoms with Crippen molar-refractivity contribution in [1.82, 2.24) is 14.8 Å². The maximum absolute atomic E-state index is 13.3. The number of nitrogens with one attached hydrogen (secondary N) is 1. The van der Waals surface area contributed by atoms with Gasteiger partial charge in [-0.05, 0) is 48.0 Å². The maximum atomic E-state index is 13.3. The van der Waals surface area contributed by atoms with Gasteiger partial charge in [0.1, 0.15) is 6.61 Å². The molecular weight excluding hydrogens is 485 g/mol. The first kappa shape index (κ1) is 22.3. The zero-order valence-corrected chi connectivity index (χ0v) is 20.4. The number of halogens is 2. The molecule has 35 heavy (non-hydrogen) atoms. The topological polar surface area (TPSA) is 65.6 Å². The van der Waals surface area contributed by atoms with Crippen LogP contribution in [0.4, 0.5) is 4.79 Å². The minimum Gasteiger partial charge on any atom is -0.445 e. The molecule has 3 aromatic carbocycles. The van der Waals surface area contributed by atoms with E-state index < -0.39 is 0 Å². The predicted molar refractivity (Wildman–Crippen MR) is 137 cm³/mol. The van der Waals surface area contributed by atoms with Gasteiger partial charge >= 0.3 is 6.09 Å². The smallest absolute Gasteiger partial charge is 0.410 e. The molecule has 2 aliphatic heterocycles. The van der Waals surface area contributed by atoms with Gasteiger partial charge < -0.3 is 19.5 Å². The van der Waals surface area contributed by atoms with Crippen LogP contribution in [0, 0.1) is 11.8 Å². The number of aromatic nitrogens is 1. The minimum atomic E-state index is -0.349. The van der Waals surface area contributed by atoms with Gasteiger partial charge in [0.2, 0.25) is 0 Å². The number of likely N-dealkylation sites (tertiary alicyclic amines) is 2. The molecule has 178 valence electrons. The molecular formula is C27H23Cl2N3O3. The molecule has 2 fully saturated rings. The summed E-state index contributed by atoms with van der Waals surface area (Å²) in [6.45, 7) is 2.58.